The number of aryl methyl sites for hydroxylation is 1. The molecule has 5 nitrogen and oxygen atoms in total. The van der Waals surface area contributed by atoms with Crippen LogP contribution in [0, 0.1) is 0 Å². The minimum atomic E-state index is 0.143. The number of hydrogen-bond donors (Lipinski definition) is 1. The third kappa shape index (κ3) is 2.46. The molecule has 0 aliphatic carbocycles. The van der Waals surface area contributed by atoms with E-state index in [2.05, 4.69) is 16.3 Å². The van der Waals surface area contributed by atoms with E-state index in [-0.39, 0.29) is 5.92 Å². The number of ether oxygens (including phenoxy) is 1. The van der Waals surface area contributed by atoms with Gasteiger partial charge in [-0.25, -0.2) is 0 Å². The van der Waals surface area contributed by atoms with Crippen LogP contribution in [-0.2, 0) is 6.42 Å². The maximum absolute atomic E-state index is 5.75. The maximum atomic E-state index is 5.75. The fourth-order valence-corrected chi connectivity index (χ4v) is 2.36. The zero-order chi connectivity index (χ0) is 13.1. The Bertz CT molecular complexity index is 553. The first kappa shape index (κ1) is 12.2. The number of benzene rings is 1. The summed E-state index contributed by atoms with van der Waals surface area (Å²) in [6, 6.07) is 8.02. The number of aromatic nitrogens is 2. The highest BCUT2D eigenvalue weighted by Crippen LogP contribution is 2.37. The number of para-hydroxylation sites is 1. The summed E-state index contributed by atoms with van der Waals surface area (Å²) >= 11 is 0. The summed E-state index contributed by atoms with van der Waals surface area (Å²) in [6.45, 7) is 1.32. The van der Waals surface area contributed by atoms with Gasteiger partial charge in [-0.2, -0.15) is 0 Å². The van der Waals surface area contributed by atoms with E-state index in [0.29, 0.717) is 24.9 Å². The summed E-state index contributed by atoms with van der Waals surface area (Å²) < 4.78 is 11.4. The standard InChI is InChI=1S/C14H17N3O2/c15-8-3-6-13-16-17-14(19-13)11-7-9-18-12-5-2-1-4-10(11)12/h1-2,4-5,11H,3,6-9,15H2. The molecule has 0 saturated carbocycles. The molecule has 0 bridgehead atoms. The Morgan fingerprint density at radius 1 is 1.26 bits per heavy atom. The van der Waals surface area contributed by atoms with Crippen molar-refractivity contribution in [2.75, 3.05) is 13.2 Å². The molecule has 100 valence electrons. The van der Waals surface area contributed by atoms with Gasteiger partial charge in [0.2, 0.25) is 11.8 Å². The van der Waals surface area contributed by atoms with Crippen molar-refractivity contribution < 1.29 is 9.15 Å². The van der Waals surface area contributed by atoms with E-state index in [1.165, 1.54) is 0 Å². The van der Waals surface area contributed by atoms with E-state index in [1.54, 1.807) is 0 Å². The largest absolute Gasteiger partial charge is 0.493 e. The van der Waals surface area contributed by atoms with Gasteiger partial charge in [0.1, 0.15) is 5.75 Å². The molecule has 1 aromatic carbocycles. The van der Waals surface area contributed by atoms with Crippen molar-refractivity contribution in [1.29, 1.82) is 0 Å². The smallest absolute Gasteiger partial charge is 0.224 e. The molecule has 19 heavy (non-hydrogen) atoms. The van der Waals surface area contributed by atoms with Crippen LogP contribution in [0.25, 0.3) is 0 Å². The lowest BCUT2D eigenvalue weighted by molar-refractivity contribution is 0.263. The van der Waals surface area contributed by atoms with Gasteiger partial charge in [-0.3, -0.25) is 0 Å². The van der Waals surface area contributed by atoms with Crippen LogP contribution in [0.2, 0.25) is 0 Å². The van der Waals surface area contributed by atoms with Crippen LogP contribution >= 0.6 is 0 Å². The first-order valence-corrected chi connectivity index (χ1v) is 6.62. The molecule has 2 aromatic rings. The highest BCUT2D eigenvalue weighted by molar-refractivity contribution is 5.40. The van der Waals surface area contributed by atoms with Crippen LogP contribution in [0.3, 0.4) is 0 Å². The lowest BCUT2D eigenvalue weighted by Gasteiger charge is -2.23. The Morgan fingerprint density at radius 2 is 2.16 bits per heavy atom. The van der Waals surface area contributed by atoms with Crippen LogP contribution in [-0.4, -0.2) is 23.3 Å². The van der Waals surface area contributed by atoms with Crippen molar-refractivity contribution in [2.45, 2.75) is 25.2 Å². The Balaban J connectivity index is 1.85. The van der Waals surface area contributed by atoms with Gasteiger partial charge in [-0.05, 0) is 25.5 Å². The molecule has 0 spiro atoms. The molecule has 2 N–H and O–H groups in total. The molecule has 0 radical (unpaired) electrons. The van der Waals surface area contributed by atoms with Gasteiger partial charge < -0.3 is 14.9 Å². The second-order valence-electron chi connectivity index (χ2n) is 4.65. The predicted molar refractivity (Wildman–Crippen MR) is 70.1 cm³/mol. The van der Waals surface area contributed by atoms with Crippen LogP contribution in [0.1, 0.15) is 36.1 Å². The summed E-state index contributed by atoms with van der Waals surface area (Å²) in [7, 11) is 0. The summed E-state index contributed by atoms with van der Waals surface area (Å²) in [5.41, 5.74) is 6.61. The van der Waals surface area contributed by atoms with Gasteiger partial charge in [0.05, 0.1) is 12.5 Å². The van der Waals surface area contributed by atoms with E-state index in [1.807, 2.05) is 18.2 Å². The van der Waals surface area contributed by atoms with E-state index >= 15 is 0 Å². The zero-order valence-electron chi connectivity index (χ0n) is 10.7. The van der Waals surface area contributed by atoms with Crippen LogP contribution in [0.4, 0.5) is 0 Å². The third-order valence-electron chi connectivity index (χ3n) is 3.33. The molecule has 1 aliphatic rings. The third-order valence-corrected chi connectivity index (χ3v) is 3.33. The SMILES string of the molecule is NCCCc1nnc(C2CCOc3ccccc32)o1. The van der Waals surface area contributed by atoms with E-state index in [0.717, 1.165) is 30.6 Å². The fraction of sp³-hybridized carbons (Fsp3) is 0.429. The molecule has 2 heterocycles. The van der Waals surface area contributed by atoms with E-state index in [4.69, 9.17) is 14.9 Å². The lowest BCUT2D eigenvalue weighted by atomic mass is 9.93. The molecule has 0 fully saturated rings. The maximum Gasteiger partial charge on any atom is 0.224 e. The van der Waals surface area contributed by atoms with E-state index < -0.39 is 0 Å². The average Bonchev–Trinajstić information content (AvgIpc) is 2.93. The Hall–Kier alpha value is -1.88. The van der Waals surface area contributed by atoms with Crippen molar-refractivity contribution in [3.8, 4) is 5.75 Å². The molecule has 0 saturated heterocycles. The van der Waals surface area contributed by atoms with Crippen molar-refractivity contribution >= 4 is 0 Å². The highest BCUT2D eigenvalue weighted by atomic mass is 16.5. The Kier molecular flexibility index (Phi) is 3.46. The van der Waals surface area contributed by atoms with Crippen LogP contribution < -0.4 is 10.5 Å². The van der Waals surface area contributed by atoms with E-state index in [9.17, 15) is 0 Å². The normalized spacial score (nSPS) is 17.8. The van der Waals surface area contributed by atoms with Gasteiger partial charge in [0.25, 0.3) is 0 Å². The van der Waals surface area contributed by atoms with Gasteiger partial charge in [0, 0.05) is 12.0 Å². The minimum Gasteiger partial charge on any atom is -0.493 e. The van der Waals surface area contributed by atoms with Gasteiger partial charge in [-0.1, -0.05) is 18.2 Å². The topological polar surface area (TPSA) is 74.2 Å². The average molecular weight is 259 g/mol. The monoisotopic (exact) mass is 259 g/mol. The number of nitrogens with two attached hydrogens (primary N) is 1. The molecule has 1 aromatic heterocycles. The Morgan fingerprint density at radius 3 is 3.05 bits per heavy atom. The molecule has 3 rings (SSSR count). The zero-order valence-corrected chi connectivity index (χ0v) is 10.7. The van der Waals surface area contributed by atoms with Gasteiger partial charge >= 0.3 is 0 Å². The molecular weight excluding hydrogens is 242 g/mol. The molecule has 1 aliphatic heterocycles. The first-order chi connectivity index (χ1) is 9.38. The van der Waals surface area contributed by atoms with Crippen LogP contribution in [0.5, 0.6) is 5.75 Å². The summed E-state index contributed by atoms with van der Waals surface area (Å²) in [4.78, 5) is 0. The number of fused-ring (bicyclic) bond motifs is 1. The van der Waals surface area contributed by atoms with Crippen molar-refractivity contribution in [3.63, 3.8) is 0 Å². The summed E-state index contributed by atoms with van der Waals surface area (Å²) in [5.74, 6) is 2.41. The van der Waals surface area contributed by atoms with Crippen molar-refractivity contribution in [2.24, 2.45) is 5.73 Å². The summed E-state index contributed by atoms with van der Waals surface area (Å²) in [5, 5.41) is 8.27. The van der Waals surface area contributed by atoms with Gasteiger partial charge in [-0.15, -0.1) is 10.2 Å². The quantitative estimate of drug-likeness (QED) is 0.907. The number of rotatable bonds is 4. The van der Waals surface area contributed by atoms with Crippen molar-refractivity contribution in [3.05, 3.63) is 41.6 Å². The molecule has 1 unspecified atom stereocenters. The second kappa shape index (κ2) is 5.40. The number of nitrogens with zero attached hydrogens (tertiary/aromatic N) is 2. The fourth-order valence-electron chi connectivity index (χ4n) is 2.36. The first-order valence-electron chi connectivity index (χ1n) is 6.62. The second-order valence-corrected chi connectivity index (χ2v) is 4.65. The number of hydrogen-bond acceptors (Lipinski definition) is 5. The minimum absolute atomic E-state index is 0.143. The lowest BCUT2D eigenvalue weighted by Crippen LogP contribution is -2.15. The van der Waals surface area contributed by atoms with Crippen molar-refractivity contribution in [1.82, 2.24) is 10.2 Å². The van der Waals surface area contributed by atoms with Crippen LogP contribution in [0.15, 0.2) is 28.7 Å². The predicted octanol–water partition coefficient (Wildman–Crippen LogP) is 1.88. The summed E-state index contributed by atoms with van der Waals surface area (Å²) in [6.07, 6.45) is 2.48. The highest BCUT2D eigenvalue weighted by Gasteiger charge is 2.27. The molecule has 0 amide bonds. The molecular formula is C14H17N3O2. The molecule has 1 atom stereocenters. The molecule has 5 heteroatoms. The van der Waals surface area contributed by atoms with Gasteiger partial charge in [0.15, 0.2) is 0 Å². The Labute approximate surface area is 111 Å².